The molecule has 1 amide bonds. The van der Waals surface area contributed by atoms with Crippen LogP contribution in [-0.2, 0) is 4.79 Å². The molecule has 0 spiro atoms. The molecule has 1 aromatic carbocycles. The number of nitrogens with zero attached hydrogens (tertiary/aromatic N) is 3. The first-order valence-corrected chi connectivity index (χ1v) is 19.9. The summed E-state index contributed by atoms with van der Waals surface area (Å²) in [5, 5.41) is 20.4. The lowest BCUT2D eigenvalue weighted by molar-refractivity contribution is -0.247. The van der Waals surface area contributed by atoms with Crippen LogP contribution in [0.25, 0.3) is 11.3 Å². The highest BCUT2D eigenvalue weighted by Crippen LogP contribution is 2.77. The third-order valence-corrected chi connectivity index (χ3v) is 17.2. The minimum atomic E-state index is -0.333. The molecule has 2 aromatic rings. The number of rotatable bonds is 4. The van der Waals surface area contributed by atoms with Crippen LogP contribution in [-0.4, -0.2) is 38.5 Å². The van der Waals surface area contributed by atoms with E-state index >= 15 is 4.79 Å². The Labute approximate surface area is 300 Å². The van der Waals surface area contributed by atoms with Crippen LogP contribution in [0.2, 0.25) is 0 Å². The van der Waals surface area contributed by atoms with E-state index in [1.165, 1.54) is 31.3 Å². The van der Waals surface area contributed by atoms with E-state index in [9.17, 15) is 10.4 Å². The molecule has 0 radical (unpaired) electrons. The molecule has 268 valence electrons. The summed E-state index contributed by atoms with van der Waals surface area (Å²) in [5.41, 5.74) is 4.13. The number of H-pyrrole nitrogens is 1. The number of fused-ring (bicyclic) bond motifs is 7. The predicted octanol–water partition coefficient (Wildman–Crippen LogP) is 9.63. The summed E-state index contributed by atoms with van der Waals surface area (Å²) in [7, 11) is 0. The molecule has 2 N–H and O–H groups in total. The molecule has 11 atom stereocenters. The van der Waals surface area contributed by atoms with Crippen molar-refractivity contribution < 1.29 is 9.90 Å². The quantitative estimate of drug-likeness (QED) is 0.316. The second kappa shape index (κ2) is 11.5. The van der Waals surface area contributed by atoms with Crippen molar-refractivity contribution in [1.82, 2.24) is 14.9 Å². The number of nitrogens with one attached hydrogen (secondary N) is 1. The summed E-state index contributed by atoms with van der Waals surface area (Å²) in [5.74, 6) is 3.73. The van der Waals surface area contributed by atoms with Gasteiger partial charge in [-0.3, -0.25) is 4.79 Å². The van der Waals surface area contributed by atoms with Gasteiger partial charge < -0.3 is 15.0 Å². The Morgan fingerprint density at radius 1 is 0.940 bits per heavy atom. The molecular weight excluding hydrogens is 617 g/mol. The normalized spacial score (nSPS) is 43.2. The number of aliphatic hydroxyl groups excluding tert-OH is 1. The molecule has 8 rings (SSSR count). The first-order chi connectivity index (χ1) is 23.7. The number of likely N-dealkylation sites (tertiary alicyclic amines) is 1. The Balaban J connectivity index is 1.11. The van der Waals surface area contributed by atoms with Crippen molar-refractivity contribution in [2.45, 2.75) is 131 Å². The van der Waals surface area contributed by atoms with E-state index in [0.717, 1.165) is 75.0 Å². The number of carbonyl (C=O) groups excluding carboxylic acids is 1. The van der Waals surface area contributed by atoms with Gasteiger partial charge in [0.1, 0.15) is 5.82 Å². The SMILES string of the molecule is C=C(C)[C@@H]1CC[C@]2(C(=O)N3CCCC3c3ncc(-c4ccc(C#N)cc4)[nH]3)CC[C@]3(C)[C@H](CCC4[C@@]5(C)CC[C@H](O)C(C)(C)C5CC[C@]43C)C12. The largest absolute Gasteiger partial charge is 0.393 e. The molecule has 1 aliphatic heterocycles. The molecule has 50 heavy (non-hydrogen) atoms. The Bertz CT molecular complexity index is 1720. The number of allylic oxidation sites excluding steroid dienone is 1. The van der Waals surface area contributed by atoms with Gasteiger partial charge >= 0.3 is 0 Å². The first-order valence-electron chi connectivity index (χ1n) is 19.9. The van der Waals surface area contributed by atoms with Crippen LogP contribution in [0.4, 0.5) is 0 Å². The zero-order valence-corrected chi connectivity index (χ0v) is 31.5. The van der Waals surface area contributed by atoms with Crippen molar-refractivity contribution >= 4 is 5.91 Å². The first kappa shape index (κ1) is 34.2. The van der Waals surface area contributed by atoms with Crippen molar-refractivity contribution in [1.29, 1.82) is 5.26 Å². The van der Waals surface area contributed by atoms with E-state index in [2.05, 4.69) is 64.1 Å². The molecule has 5 saturated carbocycles. The number of imidazole rings is 1. The average molecular weight is 677 g/mol. The number of aromatic nitrogens is 2. The predicted molar refractivity (Wildman–Crippen MR) is 197 cm³/mol. The highest BCUT2D eigenvalue weighted by molar-refractivity contribution is 5.84. The van der Waals surface area contributed by atoms with E-state index in [1.807, 2.05) is 30.5 Å². The number of benzene rings is 1. The van der Waals surface area contributed by atoms with E-state index in [4.69, 9.17) is 4.98 Å². The molecular formula is C44H60N4O2. The summed E-state index contributed by atoms with van der Waals surface area (Å²) >= 11 is 0. The fraction of sp³-hybridized carbons (Fsp3) is 0.705. The van der Waals surface area contributed by atoms with E-state index < -0.39 is 0 Å². The summed E-state index contributed by atoms with van der Waals surface area (Å²) in [6.07, 6.45) is 14.7. The van der Waals surface area contributed by atoms with Gasteiger partial charge in [-0.05, 0) is 153 Å². The number of nitriles is 1. The molecule has 6 fully saturated rings. The van der Waals surface area contributed by atoms with Crippen LogP contribution >= 0.6 is 0 Å². The van der Waals surface area contributed by atoms with Gasteiger partial charge in [0.2, 0.25) is 5.91 Å². The van der Waals surface area contributed by atoms with Gasteiger partial charge in [-0.25, -0.2) is 4.98 Å². The Kier molecular flexibility index (Phi) is 7.90. The van der Waals surface area contributed by atoms with E-state index in [-0.39, 0.29) is 39.2 Å². The van der Waals surface area contributed by atoms with Crippen molar-refractivity contribution in [3.05, 3.63) is 54.0 Å². The maximum Gasteiger partial charge on any atom is 0.229 e. The third kappa shape index (κ3) is 4.53. The molecule has 6 heteroatoms. The lowest BCUT2D eigenvalue weighted by Gasteiger charge is -2.73. The van der Waals surface area contributed by atoms with Crippen LogP contribution in [0, 0.1) is 68.0 Å². The zero-order valence-electron chi connectivity index (χ0n) is 31.5. The third-order valence-electron chi connectivity index (χ3n) is 17.2. The van der Waals surface area contributed by atoms with Crippen LogP contribution in [0.15, 0.2) is 42.6 Å². The Morgan fingerprint density at radius 3 is 2.42 bits per heavy atom. The van der Waals surface area contributed by atoms with Gasteiger partial charge in [0.15, 0.2) is 0 Å². The molecule has 1 aromatic heterocycles. The number of carbonyl (C=O) groups is 1. The van der Waals surface area contributed by atoms with Crippen LogP contribution < -0.4 is 0 Å². The molecule has 0 bridgehead atoms. The van der Waals surface area contributed by atoms with Crippen LogP contribution in [0.5, 0.6) is 0 Å². The smallest absolute Gasteiger partial charge is 0.229 e. The highest BCUT2D eigenvalue weighted by atomic mass is 16.3. The van der Waals surface area contributed by atoms with Gasteiger partial charge in [-0.1, -0.05) is 58.9 Å². The second-order valence-corrected chi connectivity index (χ2v) is 19.2. The highest BCUT2D eigenvalue weighted by Gasteiger charge is 2.72. The molecule has 2 heterocycles. The summed E-state index contributed by atoms with van der Waals surface area (Å²) in [6.45, 7) is 20.2. The number of amides is 1. The van der Waals surface area contributed by atoms with Crippen LogP contribution in [0.1, 0.15) is 136 Å². The lowest BCUT2D eigenvalue weighted by Crippen LogP contribution is -2.67. The molecule has 1 saturated heterocycles. The Hall–Kier alpha value is -2.91. The Morgan fingerprint density at radius 2 is 1.70 bits per heavy atom. The molecule has 6 nitrogen and oxygen atoms in total. The number of aromatic amines is 1. The van der Waals surface area contributed by atoms with Gasteiger partial charge in [0, 0.05) is 6.54 Å². The van der Waals surface area contributed by atoms with Crippen molar-refractivity contribution in [2.75, 3.05) is 6.54 Å². The maximum absolute atomic E-state index is 15.4. The van der Waals surface area contributed by atoms with Gasteiger partial charge in [-0.15, -0.1) is 0 Å². The molecule has 5 aliphatic carbocycles. The summed E-state index contributed by atoms with van der Waals surface area (Å²) in [4.78, 5) is 26.1. The van der Waals surface area contributed by atoms with Gasteiger partial charge in [0.05, 0.1) is 41.1 Å². The zero-order chi connectivity index (χ0) is 35.4. The van der Waals surface area contributed by atoms with Gasteiger partial charge in [0.25, 0.3) is 0 Å². The van der Waals surface area contributed by atoms with Gasteiger partial charge in [-0.2, -0.15) is 5.26 Å². The van der Waals surface area contributed by atoms with Crippen molar-refractivity contribution in [3.63, 3.8) is 0 Å². The van der Waals surface area contributed by atoms with E-state index in [1.54, 1.807) is 0 Å². The van der Waals surface area contributed by atoms with Crippen LogP contribution in [0.3, 0.4) is 0 Å². The summed E-state index contributed by atoms with van der Waals surface area (Å²) < 4.78 is 0. The monoisotopic (exact) mass is 676 g/mol. The van der Waals surface area contributed by atoms with Crippen molar-refractivity contribution in [2.24, 2.45) is 56.7 Å². The topological polar surface area (TPSA) is 93.0 Å². The lowest BCUT2D eigenvalue weighted by atomic mass is 9.32. The number of hydrogen-bond acceptors (Lipinski definition) is 4. The maximum atomic E-state index is 15.4. The summed E-state index contributed by atoms with van der Waals surface area (Å²) in [6, 6.07) is 9.79. The standard InChI is InChI=1S/C44H60N4O2/c1-27(2)30-16-21-44(39(50)48-24-8-9-33(48)38-46-26-32(47-38)29-12-10-28(25-45)11-13-29)23-22-42(6)31(37(30)44)14-15-35-41(5)19-18-36(49)40(3,4)34(41)17-20-43(35,42)7/h10-13,26,30-31,33-37,49H,1,8-9,14-24H2,2-7H3,(H,46,47)/t30-,31+,33?,34?,35?,36-,37?,41-,42+,43+,44-/m0/s1. The minimum Gasteiger partial charge on any atom is -0.393 e. The second-order valence-electron chi connectivity index (χ2n) is 19.2. The minimum absolute atomic E-state index is 0.0321. The van der Waals surface area contributed by atoms with Crippen molar-refractivity contribution in [3.8, 4) is 17.3 Å². The number of hydrogen-bond donors (Lipinski definition) is 2. The van der Waals surface area contributed by atoms with E-state index in [0.29, 0.717) is 41.1 Å². The average Bonchev–Trinajstić information content (AvgIpc) is 3.86. The number of aliphatic hydroxyl groups is 1. The molecule has 6 aliphatic rings. The molecule has 4 unspecified atom stereocenters. The fourth-order valence-electron chi connectivity index (χ4n) is 14.5. The fourth-order valence-corrected chi connectivity index (χ4v) is 14.5.